The number of hydrogen-bond acceptors (Lipinski definition) is 4. The van der Waals surface area contributed by atoms with Gasteiger partial charge in [-0.15, -0.1) is 0 Å². The average Bonchev–Trinajstić information content (AvgIpc) is 3.37. The molecule has 0 bridgehead atoms. The van der Waals surface area contributed by atoms with Crippen molar-refractivity contribution in [2.45, 2.75) is 18.9 Å². The summed E-state index contributed by atoms with van der Waals surface area (Å²) in [5.74, 6) is 0.296. The number of benzene rings is 2. The van der Waals surface area contributed by atoms with Gasteiger partial charge in [0.2, 0.25) is 0 Å². The largest absolute Gasteiger partial charge is 0.382 e. The van der Waals surface area contributed by atoms with Gasteiger partial charge in [0.1, 0.15) is 11.4 Å². The summed E-state index contributed by atoms with van der Waals surface area (Å²) in [4.78, 5) is 12.5. The molecule has 0 radical (unpaired) electrons. The Labute approximate surface area is 173 Å². The van der Waals surface area contributed by atoms with Gasteiger partial charge in [-0.1, -0.05) is 54.1 Å². The molecule has 4 rings (SSSR count). The maximum Gasteiger partial charge on any atom is 0.319 e. The van der Waals surface area contributed by atoms with Crippen LogP contribution in [-0.4, -0.2) is 35.1 Å². The van der Waals surface area contributed by atoms with Crippen LogP contribution in [0, 0.1) is 0 Å². The number of nitrogens with zero attached hydrogens (tertiary/aromatic N) is 2. The molecule has 1 fully saturated rings. The zero-order valence-corrected chi connectivity index (χ0v) is 16.5. The number of nitrogens with two attached hydrogens (primary N) is 1. The maximum atomic E-state index is 12.5. The molecule has 2 aromatic carbocycles. The van der Waals surface area contributed by atoms with Gasteiger partial charge in [-0.2, -0.15) is 5.10 Å². The molecule has 4 N–H and O–H groups in total. The van der Waals surface area contributed by atoms with Crippen LogP contribution >= 0.6 is 11.6 Å². The summed E-state index contributed by atoms with van der Waals surface area (Å²) < 4.78 is 7.09. The summed E-state index contributed by atoms with van der Waals surface area (Å²) in [7, 11) is 0. The van der Waals surface area contributed by atoms with E-state index in [1.807, 2.05) is 48.5 Å². The number of urea groups is 1. The van der Waals surface area contributed by atoms with E-state index in [4.69, 9.17) is 22.1 Å². The molecule has 1 aliphatic heterocycles. The third-order valence-electron chi connectivity index (χ3n) is 4.80. The van der Waals surface area contributed by atoms with Gasteiger partial charge in [-0.05, 0) is 25.0 Å². The molecule has 1 aliphatic rings. The van der Waals surface area contributed by atoms with Crippen molar-refractivity contribution in [3.63, 3.8) is 0 Å². The Balaban J connectivity index is 1.65. The number of amides is 2. The molecule has 0 unspecified atom stereocenters. The normalized spacial score (nSPS) is 16.0. The number of para-hydroxylation sites is 1. The number of aromatic nitrogens is 2. The van der Waals surface area contributed by atoms with Crippen LogP contribution in [0.15, 0.2) is 54.6 Å². The molecule has 0 aliphatic carbocycles. The van der Waals surface area contributed by atoms with Crippen molar-refractivity contribution in [2.75, 3.05) is 24.2 Å². The van der Waals surface area contributed by atoms with Crippen molar-refractivity contribution in [2.24, 2.45) is 0 Å². The molecule has 8 heteroatoms. The zero-order valence-electron chi connectivity index (χ0n) is 15.8. The van der Waals surface area contributed by atoms with E-state index in [0.29, 0.717) is 34.5 Å². The third-order valence-corrected chi connectivity index (χ3v) is 5.12. The second-order valence-electron chi connectivity index (χ2n) is 6.81. The lowest BCUT2D eigenvalue weighted by molar-refractivity contribution is 0.112. The Morgan fingerprint density at radius 1 is 1.21 bits per heavy atom. The highest BCUT2D eigenvalue weighted by molar-refractivity contribution is 6.32. The van der Waals surface area contributed by atoms with E-state index in [2.05, 4.69) is 15.7 Å². The summed E-state index contributed by atoms with van der Waals surface area (Å²) >= 11 is 6.34. The molecule has 1 saturated heterocycles. The number of carbonyl (C=O) groups excluding carboxylic acids is 1. The predicted octanol–water partition coefficient (Wildman–Crippen LogP) is 4.08. The fourth-order valence-corrected chi connectivity index (χ4v) is 3.54. The molecule has 2 heterocycles. The molecular formula is C21H22ClN5O2. The molecule has 1 aromatic heterocycles. The second-order valence-corrected chi connectivity index (χ2v) is 7.22. The van der Waals surface area contributed by atoms with Crippen LogP contribution in [0.1, 0.15) is 12.8 Å². The molecule has 1 atom stereocenters. The molecular weight excluding hydrogens is 390 g/mol. The van der Waals surface area contributed by atoms with E-state index >= 15 is 0 Å². The van der Waals surface area contributed by atoms with Gasteiger partial charge in [0.05, 0.1) is 16.8 Å². The van der Waals surface area contributed by atoms with Gasteiger partial charge in [-0.25, -0.2) is 9.48 Å². The Morgan fingerprint density at radius 2 is 1.97 bits per heavy atom. The monoisotopic (exact) mass is 411 g/mol. The summed E-state index contributed by atoms with van der Waals surface area (Å²) in [5.41, 5.74) is 8.85. The Morgan fingerprint density at radius 3 is 2.69 bits per heavy atom. The van der Waals surface area contributed by atoms with Crippen molar-refractivity contribution in [3.05, 3.63) is 59.6 Å². The average molecular weight is 412 g/mol. The SMILES string of the molecule is Nc1c(NC(=O)NC[C@H]2CCCO2)c(-c2ccccc2)nn1-c1ccccc1Cl. The van der Waals surface area contributed by atoms with Crippen molar-refractivity contribution >= 4 is 29.1 Å². The number of halogens is 1. The van der Waals surface area contributed by atoms with E-state index < -0.39 is 0 Å². The number of nitrogen functional groups attached to an aromatic ring is 1. The van der Waals surface area contributed by atoms with Crippen LogP contribution in [0.2, 0.25) is 5.02 Å². The number of anilines is 2. The first kappa shape index (κ1) is 19.3. The predicted molar refractivity (Wildman–Crippen MR) is 114 cm³/mol. The van der Waals surface area contributed by atoms with Crippen molar-refractivity contribution < 1.29 is 9.53 Å². The minimum Gasteiger partial charge on any atom is -0.382 e. The first-order chi connectivity index (χ1) is 14.1. The van der Waals surface area contributed by atoms with Crippen molar-refractivity contribution in [1.82, 2.24) is 15.1 Å². The molecule has 2 amide bonds. The zero-order chi connectivity index (χ0) is 20.2. The molecule has 7 nitrogen and oxygen atoms in total. The van der Waals surface area contributed by atoms with Gasteiger partial charge in [-0.3, -0.25) is 0 Å². The lowest BCUT2D eigenvalue weighted by atomic mass is 10.1. The Kier molecular flexibility index (Phi) is 5.69. The van der Waals surface area contributed by atoms with E-state index in [1.54, 1.807) is 10.7 Å². The fraction of sp³-hybridized carbons (Fsp3) is 0.238. The lowest BCUT2D eigenvalue weighted by Crippen LogP contribution is -2.35. The maximum absolute atomic E-state index is 12.5. The Bertz CT molecular complexity index is 1000. The lowest BCUT2D eigenvalue weighted by Gasteiger charge is -2.12. The topological polar surface area (TPSA) is 94.2 Å². The Hall–Kier alpha value is -3.03. The number of ether oxygens (including phenoxy) is 1. The smallest absolute Gasteiger partial charge is 0.319 e. The van der Waals surface area contributed by atoms with Crippen molar-refractivity contribution in [3.8, 4) is 16.9 Å². The molecule has 150 valence electrons. The highest BCUT2D eigenvalue weighted by Gasteiger charge is 2.22. The van der Waals surface area contributed by atoms with E-state index in [9.17, 15) is 4.79 Å². The van der Waals surface area contributed by atoms with Crippen LogP contribution < -0.4 is 16.4 Å². The van der Waals surface area contributed by atoms with E-state index in [0.717, 1.165) is 25.0 Å². The van der Waals surface area contributed by atoms with Crippen LogP contribution in [0.3, 0.4) is 0 Å². The van der Waals surface area contributed by atoms with Crippen LogP contribution in [-0.2, 0) is 4.74 Å². The van der Waals surface area contributed by atoms with Crippen LogP contribution in [0.25, 0.3) is 16.9 Å². The third kappa shape index (κ3) is 4.21. The summed E-state index contributed by atoms with van der Waals surface area (Å²) in [6.45, 7) is 1.19. The van der Waals surface area contributed by atoms with Crippen LogP contribution in [0.4, 0.5) is 16.3 Å². The number of hydrogen-bond donors (Lipinski definition) is 3. The number of nitrogens with one attached hydrogen (secondary N) is 2. The summed E-state index contributed by atoms with van der Waals surface area (Å²) in [6, 6.07) is 16.5. The number of rotatable bonds is 5. The minimum absolute atomic E-state index is 0.0533. The van der Waals surface area contributed by atoms with Gasteiger partial charge in [0, 0.05) is 18.7 Å². The molecule has 29 heavy (non-hydrogen) atoms. The minimum atomic E-state index is -0.358. The summed E-state index contributed by atoms with van der Waals surface area (Å²) in [5, 5.41) is 10.9. The first-order valence-electron chi connectivity index (χ1n) is 9.49. The standard InChI is InChI=1S/C21H22ClN5O2/c22-16-10-4-5-11-17(16)27-20(23)19(18(26-27)14-7-2-1-3-8-14)25-21(28)24-13-15-9-6-12-29-15/h1-5,7-8,10-11,15H,6,9,12-13,23H2,(H2,24,25,28)/t15-/m1/s1. The number of carbonyl (C=O) groups is 1. The van der Waals surface area contributed by atoms with Crippen molar-refractivity contribution in [1.29, 1.82) is 0 Å². The summed E-state index contributed by atoms with van der Waals surface area (Å²) in [6.07, 6.45) is 2.02. The molecule has 0 spiro atoms. The van der Waals surface area contributed by atoms with E-state index in [1.165, 1.54) is 0 Å². The van der Waals surface area contributed by atoms with Gasteiger partial charge >= 0.3 is 6.03 Å². The highest BCUT2D eigenvalue weighted by atomic mass is 35.5. The second kappa shape index (κ2) is 8.55. The quantitative estimate of drug-likeness (QED) is 0.589. The molecule has 3 aromatic rings. The first-order valence-corrected chi connectivity index (χ1v) is 9.86. The van der Waals surface area contributed by atoms with Gasteiger partial charge in [0.25, 0.3) is 0 Å². The van der Waals surface area contributed by atoms with Crippen LogP contribution in [0.5, 0.6) is 0 Å². The molecule has 0 saturated carbocycles. The fourth-order valence-electron chi connectivity index (χ4n) is 3.33. The van der Waals surface area contributed by atoms with E-state index in [-0.39, 0.29) is 12.1 Å². The van der Waals surface area contributed by atoms with Gasteiger partial charge in [0.15, 0.2) is 5.82 Å². The van der Waals surface area contributed by atoms with Gasteiger partial charge < -0.3 is 21.1 Å². The highest BCUT2D eigenvalue weighted by Crippen LogP contribution is 2.35.